The molecule has 3 heterocycles. The van der Waals surface area contributed by atoms with E-state index in [2.05, 4.69) is 42.0 Å². The standard InChI is InChI=1S/C32H41N6O6P/c1-21(29(39)42-25-16-31(17-25)13-5-14-31)37-45(40,44-23-8-6-22(7-9-23)30(2,3)4)41-18-24-12-15-32(19-33,43-24)27-11-10-26-28(34)35-20-36-38(26)27/h6-11,20-21,24-25H,5,12-18H2,1-4H3,(H,37,40)(H2,34,35,36)/t21-,24-,32?,45?/m0/s1. The Morgan fingerprint density at radius 2 is 1.96 bits per heavy atom. The van der Waals surface area contributed by atoms with Crippen molar-refractivity contribution < 1.29 is 27.9 Å². The lowest BCUT2D eigenvalue weighted by Gasteiger charge is -2.53. The number of nitrogens with two attached hydrogens (primary N) is 1. The van der Waals surface area contributed by atoms with Gasteiger partial charge in [0.05, 0.1) is 18.4 Å². The summed E-state index contributed by atoms with van der Waals surface area (Å²) in [5.74, 6) is 0.0991. The normalized spacial score (nSPS) is 24.7. The zero-order chi connectivity index (χ0) is 32.0. The number of fused-ring (bicyclic) bond motifs is 1. The number of nitrogen functional groups attached to an aromatic ring is 1. The molecular weight excluding hydrogens is 595 g/mol. The zero-order valence-electron chi connectivity index (χ0n) is 26.2. The molecule has 2 aliphatic carbocycles. The van der Waals surface area contributed by atoms with Gasteiger partial charge in [-0.15, -0.1) is 0 Å². The van der Waals surface area contributed by atoms with Crippen molar-refractivity contribution in [3.05, 3.63) is 54.0 Å². The highest BCUT2D eigenvalue weighted by molar-refractivity contribution is 7.52. The molecule has 1 aromatic carbocycles. The van der Waals surface area contributed by atoms with E-state index in [4.69, 9.17) is 24.3 Å². The van der Waals surface area contributed by atoms with E-state index in [0.717, 1.165) is 18.4 Å². The number of hydrogen-bond donors (Lipinski definition) is 2. The summed E-state index contributed by atoms with van der Waals surface area (Å²) in [5, 5.41) is 17.3. The summed E-state index contributed by atoms with van der Waals surface area (Å²) in [6.45, 7) is 7.73. The molecule has 45 heavy (non-hydrogen) atoms. The molecule has 0 amide bonds. The van der Waals surface area contributed by atoms with Crippen LogP contribution in [0.4, 0.5) is 5.82 Å². The summed E-state index contributed by atoms with van der Waals surface area (Å²) in [6.07, 6.45) is 6.79. The molecule has 1 spiro atoms. The van der Waals surface area contributed by atoms with Crippen LogP contribution in [0.15, 0.2) is 42.7 Å². The second-order valence-electron chi connectivity index (χ2n) is 13.7. The first kappa shape index (κ1) is 31.5. The van der Waals surface area contributed by atoms with Crippen LogP contribution < -0.4 is 15.3 Å². The molecule has 3 fully saturated rings. The van der Waals surface area contributed by atoms with Crippen LogP contribution >= 0.6 is 7.75 Å². The number of nitrogens with one attached hydrogen (secondary N) is 1. The van der Waals surface area contributed by atoms with E-state index in [0.29, 0.717) is 35.2 Å². The quantitative estimate of drug-likeness (QED) is 0.211. The maximum absolute atomic E-state index is 14.2. The first-order valence-electron chi connectivity index (χ1n) is 15.5. The number of hydrogen-bond acceptors (Lipinski definition) is 10. The number of nitrogens with zero attached hydrogens (tertiary/aromatic N) is 4. The third-order valence-corrected chi connectivity index (χ3v) is 11.0. The Morgan fingerprint density at radius 1 is 1.22 bits per heavy atom. The van der Waals surface area contributed by atoms with Crippen LogP contribution in [-0.2, 0) is 34.4 Å². The van der Waals surface area contributed by atoms with Gasteiger partial charge in [-0.1, -0.05) is 39.3 Å². The molecule has 3 N–H and O–H groups in total. The third-order valence-electron chi connectivity index (χ3n) is 9.36. The molecule has 6 rings (SSSR count). The van der Waals surface area contributed by atoms with E-state index < -0.39 is 31.5 Å². The Bertz CT molecular complexity index is 1650. The Kier molecular flexibility index (Phi) is 8.19. The van der Waals surface area contributed by atoms with Gasteiger partial charge in [-0.25, -0.2) is 14.1 Å². The van der Waals surface area contributed by atoms with Crippen molar-refractivity contribution >= 4 is 25.1 Å². The molecule has 1 aliphatic heterocycles. The number of anilines is 1. The SMILES string of the molecule is C[C@H](NP(=O)(OC[C@@H]1CCC(C#N)(c2ccc3c(N)ncnn23)O1)Oc1ccc(C(C)(C)C)cc1)C(=O)OC1CC2(CCC2)C1. The summed E-state index contributed by atoms with van der Waals surface area (Å²) in [7, 11) is -4.13. The van der Waals surface area contributed by atoms with Crippen molar-refractivity contribution in [2.75, 3.05) is 12.3 Å². The van der Waals surface area contributed by atoms with Gasteiger partial charge in [0.1, 0.15) is 35.8 Å². The van der Waals surface area contributed by atoms with Crippen molar-refractivity contribution in [2.45, 2.75) is 102 Å². The topological polar surface area (TPSA) is 163 Å². The average Bonchev–Trinajstić information content (AvgIpc) is 3.58. The number of esters is 1. The fourth-order valence-electron chi connectivity index (χ4n) is 6.53. The van der Waals surface area contributed by atoms with Gasteiger partial charge in [-0.2, -0.15) is 15.4 Å². The maximum Gasteiger partial charge on any atom is 0.459 e. The number of nitriles is 1. The third kappa shape index (κ3) is 6.32. The second kappa shape index (κ2) is 11.7. The van der Waals surface area contributed by atoms with Crippen LogP contribution in [0, 0.1) is 16.7 Å². The van der Waals surface area contributed by atoms with E-state index in [9.17, 15) is 14.6 Å². The summed E-state index contributed by atoms with van der Waals surface area (Å²) in [5.41, 5.74) is 7.11. The molecule has 240 valence electrons. The van der Waals surface area contributed by atoms with Crippen LogP contribution in [0.5, 0.6) is 5.75 Å². The predicted octanol–water partition coefficient (Wildman–Crippen LogP) is 5.56. The van der Waals surface area contributed by atoms with Gasteiger partial charge in [0.2, 0.25) is 0 Å². The van der Waals surface area contributed by atoms with Gasteiger partial charge in [-0.05, 0) is 86.1 Å². The molecule has 2 unspecified atom stereocenters. The van der Waals surface area contributed by atoms with Crippen molar-refractivity contribution in [1.29, 1.82) is 5.26 Å². The molecule has 3 aliphatic rings. The Morgan fingerprint density at radius 3 is 2.60 bits per heavy atom. The Balaban J connectivity index is 1.15. The van der Waals surface area contributed by atoms with Gasteiger partial charge in [-0.3, -0.25) is 9.32 Å². The van der Waals surface area contributed by atoms with Gasteiger partial charge < -0.3 is 19.7 Å². The first-order chi connectivity index (χ1) is 21.3. The summed E-state index contributed by atoms with van der Waals surface area (Å²) in [6, 6.07) is 12.1. The summed E-state index contributed by atoms with van der Waals surface area (Å²) < 4.78 is 39.6. The van der Waals surface area contributed by atoms with Gasteiger partial charge >= 0.3 is 13.7 Å². The Labute approximate surface area is 263 Å². The van der Waals surface area contributed by atoms with E-state index in [1.54, 1.807) is 35.7 Å². The number of carbonyl (C=O) groups is 1. The molecule has 2 aromatic heterocycles. The minimum atomic E-state index is -4.13. The lowest BCUT2D eigenvalue weighted by molar-refractivity contribution is -0.169. The zero-order valence-corrected chi connectivity index (χ0v) is 27.1. The number of ether oxygens (including phenoxy) is 2. The van der Waals surface area contributed by atoms with E-state index >= 15 is 0 Å². The molecule has 13 heteroatoms. The minimum absolute atomic E-state index is 0.0784. The van der Waals surface area contributed by atoms with Gasteiger partial charge in [0.15, 0.2) is 11.4 Å². The minimum Gasteiger partial charge on any atom is -0.461 e. The average molecular weight is 637 g/mol. The van der Waals surface area contributed by atoms with E-state index in [-0.39, 0.29) is 23.9 Å². The fraction of sp³-hybridized carbons (Fsp3) is 0.562. The second-order valence-corrected chi connectivity index (χ2v) is 15.4. The number of carbonyl (C=O) groups excluding carboxylic acids is 1. The fourth-order valence-corrected chi connectivity index (χ4v) is 8.05. The smallest absolute Gasteiger partial charge is 0.459 e. The summed E-state index contributed by atoms with van der Waals surface area (Å²) in [4.78, 5) is 17.0. The molecule has 1 saturated heterocycles. The van der Waals surface area contributed by atoms with Crippen LogP contribution in [0.3, 0.4) is 0 Å². The van der Waals surface area contributed by atoms with Crippen LogP contribution in [-0.4, -0.2) is 45.4 Å². The summed E-state index contributed by atoms with van der Waals surface area (Å²) >= 11 is 0. The van der Waals surface area contributed by atoms with Crippen molar-refractivity contribution in [1.82, 2.24) is 19.7 Å². The number of benzene rings is 1. The van der Waals surface area contributed by atoms with Crippen LogP contribution in [0.25, 0.3) is 5.52 Å². The number of aromatic nitrogens is 3. The van der Waals surface area contributed by atoms with Gasteiger partial charge in [0, 0.05) is 0 Å². The molecule has 0 radical (unpaired) electrons. The van der Waals surface area contributed by atoms with E-state index in [1.807, 2.05) is 12.1 Å². The van der Waals surface area contributed by atoms with Crippen molar-refractivity contribution in [3.8, 4) is 11.8 Å². The lowest BCUT2D eigenvalue weighted by Crippen LogP contribution is -2.49. The van der Waals surface area contributed by atoms with Crippen LogP contribution in [0.1, 0.15) is 83.9 Å². The maximum atomic E-state index is 14.2. The van der Waals surface area contributed by atoms with Crippen molar-refractivity contribution in [3.63, 3.8) is 0 Å². The van der Waals surface area contributed by atoms with Crippen LogP contribution in [0.2, 0.25) is 0 Å². The highest BCUT2D eigenvalue weighted by atomic mass is 31.2. The molecule has 0 bridgehead atoms. The predicted molar refractivity (Wildman–Crippen MR) is 166 cm³/mol. The molecule has 2 saturated carbocycles. The first-order valence-corrected chi connectivity index (χ1v) is 17.1. The largest absolute Gasteiger partial charge is 0.461 e. The molecular formula is C32H41N6O6P. The van der Waals surface area contributed by atoms with Crippen molar-refractivity contribution in [2.24, 2.45) is 5.41 Å². The molecule has 3 aromatic rings. The van der Waals surface area contributed by atoms with Gasteiger partial charge in [0.25, 0.3) is 0 Å². The Hall–Kier alpha value is -3.49. The molecule has 12 nitrogen and oxygen atoms in total. The monoisotopic (exact) mass is 636 g/mol. The lowest BCUT2D eigenvalue weighted by atomic mass is 9.55. The highest BCUT2D eigenvalue weighted by Gasteiger charge is 2.50. The van der Waals surface area contributed by atoms with E-state index in [1.165, 1.54) is 25.6 Å². The molecule has 4 atom stereocenters. The number of rotatable bonds is 10. The highest BCUT2D eigenvalue weighted by Crippen LogP contribution is 2.57.